The predicted molar refractivity (Wildman–Crippen MR) is 179 cm³/mol. The number of amides is 2. The molecule has 0 aromatic heterocycles. The van der Waals surface area contributed by atoms with Crippen molar-refractivity contribution in [3.63, 3.8) is 0 Å². The van der Waals surface area contributed by atoms with E-state index in [1.165, 1.54) is 4.90 Å². The first-order chi connectivity index (χ1) is 21.1. The van der Waals surface area contributed by atoms with E-state index < -0.39 is 28.5 Å². The second-order valence-corrected chi connectivity index (χ2v) is 13.6. The van der Waals surface area contributed by atoms with E-state index in [2.05, 4.69) is 21.2 Å². The second-order valence-electron chi connectivity index (χ2n) is 10.8. The van der Waals surface area contributed by atoms with Gasteiger partial charge in [0.05, 0.1) is 10.6 Å². The number of carbonyl (C=O) groups is 2. The second kappa shape index (κ2) is 15.2. The molecule has 0 spiro atoms. The van der Waals surface area contributed by atoms with Gasteiger partial charge in [0.2, 0.25) is 11.8 Å². The third-order valence-electron chi connectivity index (χ3n) is 7.47. The summed E-state index contributed by atoms with van der Waals surface area (Å²) in [6, 6.07) is 31.3. The Bertz CT molecular complexity index is 1630. The Morgan fingerprint density at radius 1 is 0.818 bits per heavy atom. The molecule has 4 aromatic rings. The minimum absolute atomic E-state index is 0.0729. The van der Waals surface area contributed by atoms with Crippen LogP contribution in [0, 0.1) is 6.92 Å². The van der Waals surface area contributed by atoms with E-state index in [-0.39, 0.29) is 29.8 Å². The number of hydrogen-bond donors (Lipinski definition) is 1. The number of sulfonamides is 1. The molecule has 0 saturated heterocycles. The maximum absolute atomic E-state index is 14.5. The van der Waals surface area contributed by atoms with Crippen LogP contribution in [0.3, 0.4) is 0 Å². The van der Waals surface area contributed by atoms with Gasteiger partial charge in [0.1, 0.15) is 12.6 Å². The summed E-state index contributed by atoms with van der Waals surface area (Å²) in [7, 11) is -4.14. The zero-order chi connectivity index (χ0) is 31.7. The Hall–Kier alpha value is -3.95. The average molecular weight is 677 g/mol. The Kier molecular flexibility index (Phi) is 11.4. The average Bonchev–Trinajstić information content (AvgIpc) is 3.03. The van der Waals surface area contributed by atoms with Gasteiger partial charge in [0, 0.05) is 23.5 Å². The van der Waals surface area contributed by atoms with Crippen molar-refractivity contribution in [1.82, 2.24) is 10.2 Å². The van der Waals surface area contributed by atoms with E-state index in [0.717, 1.165) is 31.9 Å². The summed E-state index contributed by atoms with van der Waals surface area (Å²) in [6.45, 7) is 5.42. The van der Waals surface area contributed by atoms with E-state index in [0.29, 0.717) is 5.69 Å². The highest BCUT2D eigenvalue weighted by atomic mass is 79.9. The zero-order valence-corrected chi connectivity index (χ0v) is 27.6. The van der Waals surface area contributed by atoms with Crippen LogP contribution in [0.15, 0.2) is 119 Å². The first kappa shape index (κ1) is 33.0. The van der Waals surface area contributed by atoms with E-state index in [9.17, 15) is 18.0 Å². The van der Waals surface area contributed by atoms with Gasteiger partial charge in [-0.25, -0.2) is 8.42 Å². The molecule has 2 atom stereocenters. The lowest BCUT2D eigenvalue weighted by Gasteiger charge is -2.34. The monoisotopic (exact) mass is 675 g/mol. The van der Waals surface area contributed by atoms with Crippen molar-refractivity contribution in [1.29, 1.82) is 0 Å². The van der Waals surface area contributed by atoms with Gasteiger partial charge < -0.3 is 10.2 Å². The summed E-state index contributed by atoms with van der Waals surface area (Å²) in [6.07, 6.45) is 0.993. The fraction of sp³-hybridized carbons (Fsp3) is 0.257. The molecule has 0 saturated carbocycles. The highest BCUT2D eigenvalue weighted by molar-refractivity contribution is 9.10. The number of nitrogens with zero attached hydrogens (tertiary/aromatic N) is 2. The summed E-state index contributed by atoms with van der Waals surface area (Å²) in [5, 5.41) is 3.05. The normalized spacial score (nSPS) is 12.6. The van der Waals surface area contributed by atoms with E-state index >= 15 is 0 Å². The van der Waals surface area contributed by atoms with Gasteiger partial charge >= 0.3 is 0 Å². The molecule has 2 amide bonds. The number of benzene rings is 4. The predicted octanol–water partition coefficient (Wildman–Crippen LogP) is 6.51. The number of rotatable bonds is 13. The van der Waals surface area contributed by atoms with E-state index in [1.807, 2.05) is 81.4 Å². The molecule has 0 unspecified atom stereocenters. The number of halogens is 1. The Morgan fingerprint density at radius 3 is 1.95 bits per heavy atom. The van der Waals surface area contributed by atoms with Crippen LogP contribution in [0.4, 0.5) is 5.69 Å². The number of aryl methyl sites for hydroxylation is 1. The third kappa shape index (κ3) is 8.57. The van der Waals surface area contributed by atoms with Crippen molar-refractivity contribution in [2.75, 3.05) is 10.8 Å². The van der Waals surface area contributed by atoms with Crippen LogP contribution >= 0.6 is 15.9 Å². The standard InChI is InChI=1S/C35H38BrN3O4S/c1-4-27(3)37-35(41)33(23-28-11-7-5-8-12-28)38(24-29-13-9-6-10-14-29)34(40)25-39(31-19-17-30(36)18-20-31)44(42,43)32-21-15-26(2)16-22-32/h5-22,27,33H,4,23-25H2,1-3H3,(H,37,41)/t27-,33-/m1/s1. The van der Waals surface area contributed by atoms with E-state index in [4.69, 9.17) is 0 Å². The van der Waals surface area contributed by atoms with Gasteiger partial charge in [-0.05, 0) is 67.8 Å². The fourth-order valence-corrected chi connectivity index (χ4v) is 6.43. The molecule has 0 fully saturated rings. The Morgan fingerprint density at radius 2 is 1.39 bits per heavy atom. The maximum Gasteiger partial charge on any atom is 0.264 e. The zero-order valence-electron chi connectivity index (χ0n) is 25.2. The molecule has 230 valence electrons. The van der Waals surface area contributed by atoms with Crippen LogP contribution < -0.4 is 9.62 Å². The highest BCUT2D eigenvalue weighted by Gasteiger charge is 2.35. The highest BCUT2D eigenvalue weighted by Crippen LogP contribution is 2.27. The number of carbonyl (C=O) groups excluding carboxylic acids is 2. The van der Waals surface area contributed by atoms with Gasteiger partial charge in [0.15, 0.2) is 0 Å². The molecular weight excluding hydrogens is 638 g/mol. The topological polar surface area (TPSA) is 86.8 Å². The quantitative estimate of drug-likeness (QED) is 0.175. The molecule has 0 heterocycles. The van der Waals surface area contributed by atoms with Crippen LogP contribution in [0.2, 0.25) is 0 Å². The summed E-state index contributed by atoms with van der Waals surface area (Å²) in [5.74, 6) is -0.781. The van der Waals surface area contributed by atoms with Crippen molar-refractivity contribution in [2.24, 2.45) is 0 Å². The van der Waals surface area contributed by atoms with Crippen LogP contribution in [0.1, 0.15) is 37.0 Å². The maximum atomic E-state index is 14.5. The summed E-state index contributed by atoms with van der Waals surface area (Å²) in [4.78, 5) is 29.9. The smallest absolute Gasteiger partial charge is 0.264 e. The molecular formula is C35H38BrN3O4S. The number of hydrogen-bond acceptors (Lipinski definition) is 4. The Balaban J connectivity index is 1.79. The van der Waals surface area contributed by atoms with Crippen LogP contribution in [-0.2, 0) is 32.6 Å². The summed E-state index contributed by atoms with van der Waals surface area (Å²) < 4.78 is 30.1. The Labute approximate surface area is 269 Å². The van der Waals surface area contributed by atoms with Gasteiger partial charge in [0.25, 0.3) is 10.0 Å². The SMILES string of the molecule is CC[C@@H](C)NC(=O)[C@@H](Cc1ccccc1)N(Cc1ccccc1)C(=O)CN(c1ccc(Br)cc1)S(=O)(=O)c1ccc(C)cc1. The molecule has 0 bridgehead atoms. The van der Waals surface area contributed by atoms with E-state index in [1.54, 1.807) is 48.5 Å². The first-order valence-electron chi connectivity index (χ1n) is 14.6. The molecule has 0 aliphatic heterocycles. The first-order valence-corrected chi connectivity index (χ1v) is 16.8. The van der Waals surface area contributed by atoms with Crippen molar-refractivity contribution >= 4 is 43.5 Å². The largest absolute Gasteiger partial charge is 0.352 e. The molecule has 4 rings (SSSR count). The van der Waals surface area contributed by atoms with Crippen LogP contribution in [0.25, 0.3) is 0 Å². The molecule has 0 aliphatic carbocycles. The summed E-state index contributed by atoms with van der Waals surface area (Å²) >= 11 is 3.41. The lowest BCUT2D eigenvalue weighted by molar-refractivity contribution is -0.140. The molecule has 0 radical (unpaired) electrons. The van der Waals surface area contributed by atoms with Gasteiger partial charge in [-0.1, -0.05) is 101 Å². The van der Waals surface area contributed by atoms with Crippen molar-refractivity contribution in [2.45, 2.75) is 57.1 Å². The number of nitrogens with one attached hydrogen (secondary N) is 1. The molecule has 7 nitrogen and oxygen atoms in total. The molecule has 4 aromatic carbocycles. The molecule has 0 aliphatic rings. The lowest BCUT2D eigenvalue weighted by Crippen LogP contribution is -2.54. The minimum atomic E-state index is -4.14. The van der Waals surface area contributed by atoms with Crippen LogP contribution in [-0.4, -0.2) is 43.8 Å². The van der Waals surface area contributed by atoms with Gasteiger partial charge in [-0.15, -0.1) is 0 Å². The van der Waals surface area contributed by atoms with Crippen molar-refractivity contribution < 1.29 is 18.0 Å². The fourth-order valence-electron chi connectivity index (χ4n) is 4.75. The summed E-state index contributed by atoms with van der Waals surface area (Å²) in [5.41, 5.74) is 2.97. The van der Waals surface area contributed by atoms with Crippen molar-refractivity contribution in [3.8, 4) is 0 Å². The lowest BCUT2D eigenvalue weighted by atomic mass is 10.0. The molecule has 1 N–H and O–H groups in total. The number of anilines is 1. The molecule has 9 heteroatoms. The van der Waals surface area contributed by atoms with Gasteiger partial charge in [-0.3, -0.25) is 13.9 Å². The third-order valence-corrected chi connectivity index (χ3v) is 9.79. The van der Waals surface area contributed by atoms with Gasteiger partial charge in [-0.2, -0.15) is 0 Å². The molecule has 44 heavy (non-hydrogen) atoms. The van der Waals surface area contributed by atoms with Crippen molar-refractivity contribution in [3.05, 3.63) is 130 Å². The van der Waals surface area contributed by atoms with Crippen LogP contribution in [0.5, 0.6) is 0 Å². The minimum Gasteiger partial charge on any atom is -0.352 e.